The smallest absolute Gasteiger partial charge is 0.306 e. The van der Waals surface area contributed by atoms with Crippen molar-refractivity contribution in [2.75, 3.05) is 12.5 Å². The Bertz CT molecular complexity index is 327. The van der Waals surface area contributed by atoms with Gasteiger partial charge in [-0.1, -0.05) is 25.7 Å². The largest absolute Gasteiger partial charge is 0.466 e. The van der Waals surface area contributed by atoms with Crippen LogP contribution in [0.25, 0.3) is 0 Å². The van der Waals surface area contributed by atoms with Gasteiger partial charge in [0.15, 0.2) is 0 Å². The summed E-state index contributed by atoms with van der Waals surface area (Å²) in [5.41, 5.74) is 0. The first-order valence-corrected chi connectivity index (χ1v) is 9.67. The van der Waals surface area contributed by atoms with E-state index in [9.17, 15) is 9.59 Å². The van der Waals surface area contributed by atoms with E-state index in [2.05, 4.69) is 0 Å². The quantitative estimate of drug-likeness (QED) is 0.274. The van der Waals surface area contributed by atoms with Crippen molar-refractivity contribution in [1.29, 1.82) is 0 Å². The van der Waals surface area contributed by atoms with Crippen molar-refractivity contribution in [3.63, 3.8) is 0 Å². The molecule has 0 heterocycles. The van der Waals surface area contributed by atoms with Crippen molar-refractivity contribution < 1.29 is 19.1 Å². The van der Waals surface area contributed by atoms with Crippen molar-refractivity contribution in [1.82, 2.24) is 0 Å². The number of hydrogen-bond donors (Lipinski definition) is 0. The summed E-state index contributed by atoms with van der Waals surface area (Å²) < 4.78 is 10.5. The normalized spacial score (nSPS) is 14.8. The highest BCUT2D eigenvalue weighted by Gasteiger charge is 2.19. The summed E-state index contributed by atoms with van der Waals surface area (Å²) in [6, 6.07) is 0. The molecule has 1 fully saturated rings. The third-order valence-corrected chi connectivity index (χ3v) is 4.42. The fourth-order valence-corrected chi connectivity index (χ4v) is 2.98. The Kier molecular flexibility index (Phi) is 12.0. The van der Waals surface area contributed by atoms with Gasteiger partial charge in [0.05, 0.1) is 6.61 Å². The van der Waals surface area contributed by atoms with Gasteiger partial charge in [-0.25, -0.2) is 0 Å². The number of hydrogen-bond acceptors (Lipinski definition) is 4. The number of rotatable bonds is 13. The van der Waals surface area contributed by atoms with Crippen molar-refractivity contribution in [3.8, 4) is 0 Å². The zero-order chi connectivity index (χ0) is 16.8. The van der Waals surface area contributed by atoms with E-state index in [1.165, 1.54) is 19.3 Å². The number of unbranched alkanes of at least 4 members (excludes halogenated alkanes) is 5. The van der Waals surface area contributed by atoms with E-state index in [1.807, 2.05) is 0 Å². The molecule has 1 saturated carbocycles. The second-order valence-corrected chi connectivity index (χ2v) is 6.66. The summed E-state index contributed by atoms with van der Waals surface area (Å²) in [5, 5.41) is 0. The third kappa shape index (κ3) is 11.4. The monoisotopic (exact) mass is 346 g/mol. The van der Waals surface area contributed by atoms with Crippen LogP contribution in [0.2, 0.25) is 0 Å². The second kappa shape index (κ2) is 13.6. The molecule has 1 rings (SSSR count). The topological polar surface area (TPSA) is 52.6 Å². The predicted molar refractivity (Wildman–Crippen MR) is 91.6 cm³/mol. The maximum Gasteiger partial charge on any atom is 0.306 e. The number of carbonyl (C=O) groups is 2. The molecule has 0 spiro atoms. The molecule has 0 radical (unpaired) electrons. The molecule has 5 heteroatoms. The fourth-order valence-electron chi connectivity index (χ4n) is 2.79. The van der Waals surface area contributed by atoms with Crippen LogP contribution < -0.4 is 0 Å². The average Bonchev–Trinajstić information content (AvgIpc) is 3.02. The fraction of sp³-hybridized carbons (Fsp3) is 0.889. The molecule has 0 unspecified atom stereocenters. The molecule has 0 aliphatic heterocycles. The Labute approximate surface area is 145 Å². The molecule has 1 aliphatic rings. The summed E-state index contributed by atoms with van der Waals surface area (Å²) >= 11 is 5.62. The summed E-state index contributed by atoms with van der Waals surface area (Å²) in [7, 11) is 0. The molecule has 0 atom stereocenters. The van der Waals surface area contributed by atoms with Crippen molar-refractivity contribution in [2.24, 2.45) is 0 Å². The van der Waals surface area contributed by atoms with Crippen molar-refractivity contribution >= 4 is 23.5 Å². The Hall–Kier alpha value is -0.770. The van der Waals surface area contributed by atoms with Gasteiger partial charge >= 0.3 is 11.9 Å². The molecule has 0 bridgehead atoms. The standard InChI is InChI=1S/C18H31ClO4/c19-14-7-3-1-2-4-8-15-22-17(20)12-9-13-18(21)23-16-10-5-6-11-16/h16H,1-15H2. The van der Waals surface area contributed by atoms with Crippen LogP contribution in [0.15, 0.2) is 0 Å². The van der Waals surface area contributed by atoms with Gasteiger partial charge in [-0.05, 0) is 44.9 Å². The van der Waals surface area contributed by atoms with Gasteiger partial charge in [0.1, 0.15) is 6.10 Å². The minimum absolute atomic E-state index is 0.110. The lowest BCUT2D eigenvalue weighted by Gasteiger charge is -2.10. The molecule has 0 aromatic heterocycles. The number of carbonyl (C=O) groups excluding carboxylic acids is 2. The number of alkyl halides is 1. The molecule has 0 aromatic carbocycles. The van der Waals surface area contributed by atoms with Crippen molar-refractivity contribution in [2.45, 2.75) is 89.6 Å². The van der Waals surface area contributed by atoms with Gasteiger partial charge in [-0.3, -0.25) is 9.59 Å². The number of ether oxygens (including phenoxy) is 2. The minimum Gasteiger partial charge on any atom is -0.466 e. The minimum atomic E-state index is -0.208. The van der Waals surface area contributed by atoms with Crippen LogP contribution in [0.3, 0.4) is 0 Å². The first kappa shape index (κ1) is 20.3. The van der Waals surface area contributed by atoms with E-state index in [0.717, 1.165) is 50.8 Å². The Balaban J connectivity index is 1.87. The van der Waals surface area contributed by atoms with E-state index in [-0.39, 0.29) is 18.0 Å². The Morgan fingerprint density at radius 1 is 0.826 bits per heavy atom. The maximum absolute atomic E-state index is 11.6. The Morgan fingerprint density at radius 2 is 1.43 bits per heavy atom. The summed E-state index contributed by atoms with van der Waals surface area (Å²) in [6.45, 7) is 0.487. The summed E-state index contributed by atoms with van der Waals surface area (Å²) in [4.78, 5) is 23.2. The van der Waals surface area contributed by atoms with Gasteiger partial charge in [0.25, 0.3) is 0 Å². The van der Waals surface area contributed by atoms with Crippen LogP contribution in [-0.2, 0) is 19.1 Å². The van der Waals surface area contributed by atoms with Crippen LogP contribution in [0.5, 0.6) is 0 Å². The van der Waals surface area contributed by atoms with Crippen LogP contribution in [0.4, 0.5) is 0 Å². The van der Waals surface area contributed by atoms with Gasteiger partial charge in [-0.15, -0.1) is 11.6 Å². The number of esters is 2. The zero-order valence-electron chi connectivity index (χ0n) is 14.2. The highest BCUT2D eigenvalue weighted by atomic mass is 35.5. The predicted octanol–water partition coefficient (Wildman–Crippen LogP) is 4.77. The average molecular weight is 347 g/mol. The zero-order valence-corrected chi connectivity index (χ0v) is 15.0. The first-order chi connectivity index (χ1) is 11.2. The molecular formula is C18H31ClO4. The van der Waals surface area contributed by atoms with Gasteiger partial charge in [0, 0.05) is 18.7 Å². The third-order valence-electron chi connectivity index (χ3n) is 4.15. The summed E-state index contributed by atoms with van der Waals surface area (Å²) in [6.07, 6.45) is 12.1. The molecular weight excluding hydrogens is 316 g/mol. The highest BCUT2D eigenvalue weighted by Crippen LogP contribution is 2.21. The van der Waals surface area contributed by atoms with Crippen LogP contribution in [-0.4, -0.2) is 30.5 Å². The van der Waals surface area contributed by atoms with E-state index in [1.54, 1.807) is 0 Å². The molecule has 0 saturated heterocycles. The molecule has 23 heavy (non-hydrogen) atoms. The van der Waals surface area contributed by atoms with E-state index in [0.29, 0.717) is 25.9 Å². The SMILES string of the molecule is O=C(CCCC(=O)OC1CCCC1)OCCCCCCCCCl. The highest BCUT2D eigenvalue weighted by molar-refractivity contribution is 6.17. The lowest BCUT2D eigenvalue weighted by atomic mass is 10.1. The molecule has 1 aliphatic carbocycles. The van der Waals surface area contributed by atoms with Gasteiger partial charge in [-0.2, -0.15) is 0 Å². The maximum atomic E-state index is 11.6. The molecule has 0 aromatic rings. The van der Waals surface area contributed by atoms with E-state index >= 15 is 0 Å². The molecule has 4 nitrogen and oxygen atoms in total. The molecule has 0 amide bonds. The van der Waals surface area contributed by atoms with Crippen molar-refractivity contribution in [3.05, 3.63) is 0 Å². The van der Waals surface area contributed by atoms with Crippen LogP contribution >= 0.6 is 11.6 Å². The van der Waals surface area contributed by atoms with Gasteiger partial charge in [0.2, 0.25) is 0 Å². The van der Waals surface area contributed by atoms with E-state index in [4.69, 9.17) is 21.1 Å². The number of halogens is 1. The van der Waals surface area contributed by atoms with Crippen LogP contribution in [0, 0.1) is 0 Å². The second-order valence-electron chi connectivity index (χ2n) is 6.28. The first-order valence-electron chi connectivity index (χ1n) is 9.13. The lowest BCUT2D eigenvalue weighted by Crippen LogP contribution is -2.15. The van der Waals surface area contributed by atoms with Gasteiger partial charge < -0.3 is 9.47 Å². The Morgan fingerprint density at radius 3 is 2.13 bits per heavy atom. The van der Waals surface area contributed by atoms with Crippen LogP contribution in [0.1, 0.15) is 83.5 Å². The molecule has 0 N–H and O–H groups in total. The summed E-state index contributed by atoms with van der Waals surface area (Å²) in [5.74, 6) is 0.355. The molecule has 134 valence electrons. The van der Waals surface area contributed by atoms with E-state index < -0.39 is 0 Å². The lowest BCUT2D eigenvalue weighted by molar-refractivity contribution is -0.149.